The molecular formula is C19H24N2O. The summed E-state index contributed by atoms with van der Waals surface area (Å²) < 4.78 is 0. The topological polar surface area (TPSA) is 46.3 Å². The van der Waals surface area contributed by atoms with Crippen molar-refractivity contribution in [2.75, 3.05) is 13.1 Å². The fourth-order valence-electron chi connectivity index (χ4n) is 3.45. The van der Waals surface area contributed by atoms with Crippen molar-refractivity contribution in [1.82, 2.24) is 4.90 Å². The third kappa shape index (κ3) is 3.14. The Morgan fingerprint density at radius 3 is 2.73 bits per heavy atom. The van der Waals surface area contributed by atoms with Gasteiger partial charge in [-0.1, -0.05) is 42.5 Å². The number of hydrogen-bond donors (Lipinski definition) is 1. The van der Waals surface area contributed by atoms with Crippen LogP contribution in [-0.4, -0.2) is 29.9 Å². The first-order valence-electron chi connectivity index (χ1n) is 8.14. The second-order valence-electron chi connectivity index (χ2n) is 6.41. The minimum absolute atomic E-state index is 0.261. The van der Waals surface area contributed by atoms with Crippen molar-refractivity contribution in [1.29, 1.82) is 0 Å². The van der Waals surface area contributed by atoms with Crippen LogP contribution in [0.1, 0.15) is 25.3 Å². The Hall–Kier alpha value is -1.87. The molecule has 0 aliphatic carbocycles. The monoisotopic (exact) mass is 296 g/mol. The molecule has 2 aromatic carbocycles. The maximum atomic E-state index is 12.4. The van der Waals surface area contributed by atoms with E-state index < -0.39 is 0 Å². The molecule has 0 saturated carbocycles. The predicted octanol–water partition coefficient (Wildman–Crippen LogP) is 2.97. The van der Waals surface area contributed by atoms with E-state index in [1.54, 1.807) is 0 Å². The average Bonchev–Trinajstić information content (AvgIpc) is 2.93. The van der Waals surface area contributed by atoms with Crippen molar-refractivity contribution in [3.63, 3.8) is 0 Å². The number of rotatable bonds is 4. The second-order valence-corrected chi connectivity index (χ2v) is 6.41. The van der Waals surface area contributed by atoms with E-state index in [1.165, 1.54) is 16.3 Å². The average molecular weight is 296 g/mol. The lowest BCUT2D eigenvalue weighted by Gasteiger charge is -2.21. The molecule has 3 rings (SSSR count). The summed E-state index contributed by atoms with van der Waals surface area (Å²) in [7, 11) is 0. The van der Waals surface area contributed by atoms with Gasteiger partial charge >= 0.3 is 0 Å². The molecule has 116 valence electrons. The van der Waals surface area contributed by atoms with Gasteiger partial charge in [-0.25, -0.2) is 0 Å². The lowest BCUT2D eigenvalue weighted by atomic mass is 10.0. The first kappa shape index (κ1) is 15.0. The number of likely N-dealkylation sites (tertiary alicyclic amines) is 1. The Kier molecular flexibility index (Phi) is 4.44. The third-order valence-electron chi connectivity index (χ3n) is 4.76. The zero-order chi connectivity index (χ0) is 15.5. The van der Waals surface area contributed by atoms with E-state index in [0.717, 1.165) is 19.4 Å². The van der Waals surface area contributed by atoms with Gasteiger partial charge in [0.2, 0.25) is 5.91 Å². The zero-order valence-corrected chi connectivity index (χ0v) is 13.2. The number of carbonyl (C=O) groups excluding carboxylic acids is 1. The molecule has 1 aliphatic rings. The van der Waals surface area contributed by atoms with E-state index in [-0.39, 0.29) is 5.91 Å². The van der Waals surface area contributed by atoms with Crippen LogP contribution >= 0.6 is 0 Å². The summed E-state index contributed by atoms with van der Waals surface area (Å²) in [5, 5.41) is 2.49. The van der Waals surface area contributed by atoms with E-state index in [2.05, 4.69) is 43.3 Å². The first-order valence-corrected chi connectivity index (χ1v) is 8.14. The summed E-state index contributed by atoms with van der Waals surface area (Å²) in [6, 6.07) is 15.1. The number of nitrogens with zero attached hydrogens (tertiary/aromatic N) is 1. The Labute approximate surface area is 132 Å². The Morgan fingerprint density at radius 2 is 2.00 bits per heavy atom. The van der Waals surface area contributed by atoms with Gasteiger partial charge in [0.25, 0.3) is 0 Å². The highest BCUT2D eigenvalue weighted by atomic mass is 16.2. The van der Waals surface area contributed by atoms with Crippen LogP contribution in [0.3, 0.4) is 0 Å². The quantitative estimate of drug-likeness (QED) is 0.943. The molecule has 2 unspecified atom stereocenters. The van der Waals surface area contributed by atoms with Crippen LogP contribution in [0, 0.1) is 5.92 Å². The lowest BCUT2D eigenvalue weighted by molar-refractivity contribution is -0.131. The number of fused-ring (bicyclic) bond motifs is 1. The molecule has 22 heavy (non-hydrogen) atoms. The van der Waals surface area contributed by atoms with Crippen molar-refractivity contribution < 1.29 is 4.79 Å². The maximum Gasteiger partial charge on any atom is 0.223 e. The van der Waals surface area contributed by atoms with Crippen LogP contribution in [0.2, 0.25) is 0 Å². The van der Waals surface area contributed by atoms with E-state index in [4.69, 9.17) is 5.73 Å². The Balaban J connectivity index is 1.62. The largest absolute Gasteiger partial charge is 0.340 e. The molecule has 0 aromatic heterocycles. The molecule has 2 aromatic rings. The molecule has 1 fully saturated rings. The van der Waals surface area contributed by atoms with Crippen LogP contribution in [0.25, 0.3) is 10.8 Å². The first-order chi connectivity index (χ1) is 10.7. The molecule has 3 heteroatoms. The summed E-state index contributed by atoms with van der Waals surface area (Å²) in [6.45, 7) is 3.64. The van der Waals surface area contributed by atoms with Crippen molar-refractivity contribution in [2.24, 2.45) is 11.7 Å². The summed E-state index contributed by atoms with van der Waals surface area (Å²) in [4.78, 5) is 14.5. The highest BCUT2D eigenvalue weighted by Crippen LogP contribution is 2.23. The highest BCUT2D eigenvalue weighted by molar-refractivity contribution is 5.83. The molecule has 1 aliphatic heterocycles. The van der Waals surface area contributed by atoms with E-state index in [0.29, 0.717) is 24.9 Å². The number of hydrogen-bond acceptors (Lipinski definition) is 2. The normalized spacial score (nSPS) is 21.5. The fraction of sp³-hybridized carbons (Fsp3) is 0.421. The molecule has 1 heterocycles. The SMILES string of the molecule is CC1CC(CN)CN1C(=O)CCc1ccc2ccccc2c1. The van der Waals surface area contributed by atoms with Gasteiger partial charge in [-0.05, 0) is 48.6 Å². The van der Waals surface area contributed by atoms with Crippen molar-refractivity contribution in [3.8, 4) is 0 Å². The molecule has 0 bridgehead atoms. The molecule has 2 N–H and O–H groups in total. The number of benzene rings is 2. The van der Waals surface area contributed by atoms with Gasteiger partial charge in [0.05, 0.1) is 0 Å². The van der Waals surface area contributed by atoms with Crippen LogP contribution in [0.4, 0.5) is 0 Å². The van der Waals surface area contributed by atoms with E-state index in [9.17, 15) is 4.79 Å². The minimum Gasteiger partial charge on any atom is -0.340 e. The van der Waals surface area contributed by atoms with Gasteiger partial charge in [0.15, 0.2) is 0 Å². The standard InChI is InChI=1S/C19H24N2O/c1-14-10-16(12-20)13-21(14)19(22)9-7-15-6-8-17-4-2-3-5-18(17)11-15/h2-6,8,11,14,16H,7,9-10,12-13,20H2,1H3. The van der Waals surface area contributed by atoms with E-state index in [1.807, 2.05) is 11.0 Å². The molecule has 1 saturated heterocycles. The molecule has 2 atom stereocenters. The van der Waals surface area contributed by atoms with Gasteiger partial charge < -0.3 is 10.6 Å². The van der Waals surface area contributed by atoms with Crippen molar-refractivity contribution >= 4 is 16.7 Å². The van der Waals surface area contributed by atoms with Crippen LogP contribution in [0.5, 0.6) is 0 Å². The lowest BCUT2D eigenvalue weighted by Crippen LogP contribution is -2.34. The third-order valence-corrected chi connectivity index (χ3v) is 4.76. The Bertz CT molecular complexity index is 667. The zero-order valence-electron chi connectivity index (χ0n) is 13.2. The van der Waals surface area contributed by atoms with Crippen molar-refractivity contribution in [2.45, 2.75) is 32.2 Å². The number of carbonyl (C=O) groups is 1. The van der Waals surface area contributed by atoms with Gasteiger partial charge in [-0.3, -0.25) is 4.79 Å². The van der Waals surface area contributed by atoms with Crippen LogP contribution in [-0.2, 0) is 11.2 Å². The van der Waals surface area contributed by atoms with Gasteiger partial charge in [0, 0.05) is 19.0 Å². The number of aryl methyl sites for hydroxylation is 1. The van der Waals surface area contributed by atoms with Gasteiger partial charge in [-0.2, -0.15) is 0 Å². The summed E-state index contributed by atoms with van der Waals surface area (Å²) >= 11 is 0. The van der Waals surface area contributed by atoms with Crippen molar-refractivity contribution in [3.05, 3.63) is 48.0 Å². The molecular weight excluding hydrogens is 272 g/mol. The van der Waals surface area contributed by atoms with Crippen LogP contribution < -0.4 is 5.73 Å². The maximum absolute atomic E-state index is 12.4. The number of nitrogens with two attached hydrogens (primary N) is 1. The van der Waals surface area contributed by atoms with E-state index >= 15 is 0 Å². The van der Waals surface area contributed by atoms with Crippen LogP contribution in [0.15, 0.2) is 42.5 Å². The summed E-state index contributed by atoms with van der Waals surface area (Å²) in [5.74, 6) is 0.733. The summed E-state index contributed by atoms with van der Waals surface area (Å²) in [5.41, 5.74) is 6.97. The van der Waals surface area contributed by atoms with Gasteiger partial charge in [-0.15, -0.1) is 0 Å². The highest BCUT2D eigenvalue weighted by Gasteiger charge is 2.30. The summed E-state index contributed by atoms with van der Waals surface area (Å²) in [6.07, 6.45) is 2.43. The fourth-order valence-corrected chi connectivity index (χ4v) is 3.45. The van der Waals surface area contributed by atoms with Gasteiger partial charge in [0.1, 0.15) is 0 Å². The Morgan fingerprint density at radius 1 is 1.23 bits per heavy atom. The second kappa shape index (κ2) is 6.49. The number of amides is 1. The molecule has 1 amide bonds. The smallest absolute Gasteiger partial charge is 0.223 e. The minimum atomic E-state index is 0.261. The molecule has 0 spiro atoms. The molecule has 3 nitrogen and oxygen atoms in total. The molecule has 0 radical (unpaired) electrons. The predicted molar refractivity (Wildman–Crippen MR) is 90.6 cm³/mol.